The van der Waals surface area contributed by atoms with Crippen LogP contribution in [-0.4, -0.2) is 22.4 Å². The van der Waals surface area contributed by atoms with Gasteiger partial charge in [-0.15, -0.1) is 0 Å². The summed E-state index contributed by atoms with van der Waals surface area (Å²) in [6.07, 6.45) is 1.44. The Balaban J connectivity index is 2.22. The van der Waals surface area contributed by atoms with E-state index in [-0.39, 0.29) is 18.2 Å². The molecule has 0 radical (unpaired) electrons. The van der Waals surface area contributed by atoms with E-state index in [4.69, 9.17) is 0 Å². The van der Waals surface area contributed by atoms with E-state index < -0.39 is 0 Å². The zero-order valence-electron chi connectivity index (χ0n) is 12.3. The second-order valence-corrected chi connectivity index (χ2v) is 6.07. The van der Waals surface area contributed by atoms with Gasteiger partial charge in [0.1, 0.15) is 5.75 Å². The highest BCUT2D eigenvalue weighted by Crippen LogP contribution is 2.46. The van der Waals surface area contributed by atoms with E-state index in [2.05, 4.69) is 26.1 Å². The van der Waals surface area contributed by atoms with Crippen molar-refractivity contribution >= 4 is 0 Å². The van der Waals surface area contributed by atoms with Gasteiger partial charge in [-0.1, -0.05) is 13.0 Å². The third kappa shape index (κ3) is 2.93. The molecule has 19 heavy (non-hydrogen) atoms. The minimum Gasteiger partial charge on any atom is -0.508 e. The number of aliphatic hydroxyl groups excluding tert-OH is 1. The predicted molar refractivity (Wildman–Crippen MR) is 77.5 cm³/mol. The normalized spacial score (nSPS) is 25.1. The zero-order valence-corrected chi connectivity index (χ0v) is 12.3. The zero-order chi connectivity index (χ0) is 14.2. The number of aromatic hydroxyl groups is 1. The number of aryl methyl sites for hydroxylation is 1. The minimum absolute atomic E-state index is 0.193. The lowest BCUT2D eigenvalue weighted by atomic mass is 9.97. The van der Waals surface area contributed by atoms with E-state index in [0.717, 1.165) is 18.4 Å². The van der Waals surface area contributed by atoms with Crippen molar-refractivity contribution in [3.05, 3.63) is 28.8 Å². The average Bonchev–Trinajstić information content (AvgIpc) is 2.61. The molecule has 0 saturated carbocycles. The van der Waals surface area contributed by atoms with E-state index >= 15 is 0 Å². The van der Waals surface area contributed by atoms with E-state index in [1.807, 2.05) is 13.0 Å². The Kier molecular flexibility index (Phi) is 4.16. The SMILES string of the molecule is Cc1ccc(O)c2c1C(C)CC2NC(C)CC(C)O. The van der Waals surface area contributed by atoms with Gasteiger partial charge in [0.05, 0.1) is 6.10 Å². The van der Waals surface area contributed by atoms with Crippen LogP contribution < -0.4 is 5.32 Å². The smallest absolute Gasteiger partial charge is 0.120 e. The molecule has 4 atom stereocenters. The molecule has 106 valence electrons. The van der Waals surface area contributed by atoms with Gasteiger partial charge < -0.3 is 15.5 Å². The molecular formula is C16H25NO2. The second-order valence-electron chi connectivity index (χ2n) is 6.07. The van der Waals surface area contributed by atoms with E-state index in [1.165, 1.54) is 11.1 Å². The molecule has 0 bridgehead atoms. The maximum Gasteiger partial charge on any atom is 0.120 e. The van der Waals surface area contributed by atoms with Gasteiger partial charge in [0.2, 0.25) is 0 Å². The van der Waals surface area contributed by atoms with Crippen LogP contribution in [0.3, 0.4) is 0 Å². The van der Waals surface area contributed by atoms with Crippen LogP contribution in [0.5, 0.6) is 5.75 Å². The topological polar surface area (TPSA) is 52.5 Å². The molecule has 4 unspecified atom stereocenters. The lowest BCUT2D eigenvalue weighted by Gasteiger charge is -2.22. The summed E-state index contributed by atoms with van der Waals surface area (Å²) in [6, 6.07) is 4.22. The van der Waals surface area contributed by atoms with Crippen LogP contribution in [0.25, 0.3) is 0 Å². The van der Waals surface area contributed by atoms with E-state index in [9.17, 15) is 10.2 Å². The van der Waals surface area contributed by atoms with Crippen LogP contribution >= 0.6 is 0 Å². The minimum atomic E-state index is -0.299. The quantitative estimate of drug-likeness (QED) is 0.782. The Labute approximate surface area is 115 Å². The number of phenols is 1. The summed E-state index contributed by atoms with van der Waals surface area (Å²) in [4.78, 5) is 0. The molecule has 0 saturated heterocycles. The van der Waals surface area contributed by atoms with Crippen LogP contribution in [0.15, 0.2) is 12.1 Å². The molecular weight excluding hydrogens is 238 g/mol. The standard InChI is InChI=1S/C16H25NO2/c1-9-5-6-14(19)16-13(7-10(2)15(9)16)17-11(3)8-12(4)18/h5-6,10-13,17-19H,7-8H2,1-4H3. The lowest BCUT2D eigenvalue weighted by Crippen LogP contribution is -2.32. The summed E-state index contributed by atoms with van der Waals surface area (Å²) in [5.41, 5.74) is 3.61. The first-order valence-electron chi connectivity index (χ1n) is 7.16. The molecule has 2 rings (SSSR count). The summed E-state index contributed by atoms with van der Waals surface area (Å²) in [5.74, 6) is 0.866. The van der Waals surface area contributed by atoms with Crippen molar-refractivity contribution in [3.8, 4) is 5.75 Å². The van der Waals surface area contributed by atoms with Crippen LogP contribution in [-0.2, 0) is 0 Å². The number of phenolic OH excluding ortho intramolecular Hbond substituents is 1. The summed E-state index contributed by atoms with van der Waals surface area (Å²) < 4.78 is 0. The van der Waals surface area contributed by atoms with E-state index in [1.54, 1.807) is 6.07 Å². The molecule has 3 nitrogen and oxygen atoms in total. The summed E-state index contributed by atoms with van der Waals surface area (Å²) >= 11 is 0. The Hall–Kier alpha value is -1.06. The Morgan fingerprint density at radius 2 is 2.00 bits per heavy atom. The monoisotopic (exact) mass is 263 g/mol. The predicted octanol–water partition coefficient (Wildman–Crippen LogP) is 3.00. The average molecular weight is 263 g/mol. The molecule has 0 aliphatic heterocycles. The van der Waals surface area contributed by atoms with Gasteiger partial charge in [0, 0.05) is 17.6 Å². The van der Waals surface area contributed by atoms with Gasteiger partial charge in [-0.05, 0) is 56.7 Å². The molecule has 0 heterocycles. The first-order valence-corrected chi connectivity index (χ1v) is 7.16. The van der Waals surface area contributed by atoms with Crippen molar-refractivity contribution in [2.24, 2.45) is 0 Å². The summed E-state index contributed by atoms with van der Waals surface area (Å²) in [7, 11) is 0. The molecule has 3 heteroatoms. The lowest BCUT2D eigenvalue weighted by molar-refractivity contribution is 0.167. The van der Waals surface area contributed by atoms with Crippen LogP contribution in [0.2, 0.25) is 0 Å². The van der Waals surface area contributed by atoms with Gasteiger partial charge in [-0.25, -0.2) is 0 Å². The number of hydrogen-bond donors (Lipinski definition) is 3. The molecule has 0 fully saturated rings. The highest BCUT2D eigenvalue weighted by Gasteiger charge is 2.32. The number of rotatable bonds is 4. The maximum atomic E-state index is 10.1. The second kappa shape index (κ2) is 5.51. The van der Waals surface area contributed by atoms with Crippen LogP contribution in [0.4, 0.5) is 0 Å². The fourth-order valence-electron chi connectivity index (χ4n) is 3.42. The number of hydrogen-bond acceptors (Lipinski definition) is 3. The molecule has 1 aliphatic rings. The van der Waals surface area contributed by atoms with Gasteiger partial charge in [-0.3, -0.25) is 0 Å². The summed E-state index contributed by atoms with van der Waals surface area (Å²) in [5, 5.41) is 23.1. The van der Waals surface area contributed by atoms with Crippen molar-refractivity contribution in [3.63, 3.8) is 0 Å². The van der Waals surface area contributed by atoms with Crippen molar-refractivity contribution in [1.29, 1.82) is 0 Å². The summed E-state index contributed by atoms with van der Waals surface area (Å²) in [6.45, 7) is 8.22. The van der Waals surface area contributed by atoms with Crippen LogP contribution in [0, 0.1) is 6.92 Å². The van der Waals surface area contributed by atoms with Gasteiger partial charge in [0.25, 0.3) is 0 Å². The molecule has 0 aromatic heterocycles. The first-order chi connectivity index (χ1) is 8.90. The molecule has 1 aromatic carbocycles. The molecule has 0 spiro atoms. The highest BCUT2D eigenvalue weighted by atomic mass is 16.3. The van der Waals surface area contributed by atoms with Crippen molar-refractivity contribution in [2.45, 2.75) is 64.6 Å². The Bertz CT molecular complexity index is 456. The fraction of sp³-hybridized carbons (Fsp3) is 0.625. The number of fused-ring (bicyclic) bond motifs is 1. The maximum absolute atomic E-state index is 10.1. The fourth-order valence-corrected chi connectivity index (χ4v) is 3.42. The Morgan fingerprint density at radius 1 is 1.32 bits per heavy atom. The number of benzene rings is 1. The van der Waals surface area contributed by atoms with Crippen LogP contribution in [0.1, 0.15) is 62.3 Å². The van der Waals surface area contributed by atoms with Crippen molar-refractivity contribution in [1.82, 2.24) is 5.32 Å². The van der Waals surface area contributed by atoms with Crippen molar-refractivity contribution < 1.29 is 10.2 Å². The van der Waals surface area contributed by atoms with Gasteiger partial charge in [-0.2, -0.15) is 0 Å². The molecule has 0 amide bonds. The molecule has 1 aliphatic carbocycles. The third-order valence-electron chi connectivity index (χ3n) is 4.09. The molecule has 1 aromatic rings. The van der Waals surface area contributed by atoms with E-state index in [0.29, 0.717) is 11.7 Å². The van der Waals surface area contributed by atoms with Gasteiger partial charge >= 0.3 is 0 Å². The first kappa shape index (κ1) is 14.4. The molecule has 3 N–H and O–H groups in total. The van der Waals surface area contributed by atoms with Gasteiger partial charge in [0.15, 0.2) is 0 Å². The number of aliphatic hydroxyl groups is 1. The highest BCUT2D eigenvalue weighted by molar-refractivity contribution is 5.50. The third-order valence-corrected chi connectivity index (χ3v) is 4.09. The van der Waals surface area contributed by atoms with Crippen molar-refractivity contribution in [2.75, 3.05) is 0 Å². The number of nitrogens with one attached hydrogen (secondary N) is 1. The Morgan fingerprint density at radius 3 is 2.63 bits per heavy atom. The largest absolute Gasteiger partial charge is 0.508 e.